The molecule has 1 amide bonds. The van der Waals surface area contributed by atoms with Crippen LogP contribution < -0.4 is 5.32 Å². The zero-order chi connectivity index (χ0) is 20.9. The molecule has 1 aromatic rings. The lowest BCUT2D eigenvalue weighted by Crippen LogP contribution is -2.42. The molecule has 0 spiro atoms. The van der Waals surface area contributed by atoms with Crippen molar-refractivity contribution in [2.24, 2.45) is 11.3 Å². The molecule has 2 rings (SSSR count). The van der Waals surface area contributed by atoms with Crippen LogP contribution in [0.4, 0.5) is 0 Å². The van der Waals surface area contributed by atoms with E-state index in [1.54, 1.807) is 11.3 Å². The van der Waals surface area contributed by atoms with Gasteiger partial charge in [-0.05, 0) is 44.7 Å². The molecule has 28 heavy (non-hydrogen) atoms. The van der Waals surface area contributed by atoms with E-state index in [1.165, 1.54) is 0 Å². The van der Waals surface area contributed by atoms with E-state index in [0.29, 0.717) is 31.2 Å². The van der Waals surface area contributed by atoms with E-state index in [1.807, 2.05) is 6.92 Å². The van der Waals surface area contributed by atoms with Gasteiger partial charge in [0, 0.05) is 23.1 Å². The van der Waals surface area contributed by atoms with E-state index >= 15 is 0 Å². The molecular weight excluding hydrogens is 370 g/mol. The molecule has 0 radical (unpaired) electrons. The van der Waals surface area contributed by atoms with Gasteiger partial charge in [0.15, 0.2) is 0 Å². The van der Waals surface area contributed by atoms with Crippen LogP contribution in [0.3, 0.4) is 0 Å². The highest BCUT2D eigenvalue weighted by Crippen LogP contribution is 2.25. The fraction of sp³-hybridized carbons (Fsp3) is 0.773. The van der Waals surface area contributed by atoms with Crippen molar-refractivity contribution < 1.29 is 9.59 Å². The van der Waals surface area contributed by atoms with Crippen LogP contribution in [0.25, 0.3) is 0 Å². The Morgan fingerprint density at radius 3 is 2.43 bits per heavy atom. The number of rotatable bonds is 8. The van der Waals surface area contributed by atoms with Gasteiger partial charge in [0.05, 0.1) is 23.8 Å². The number of ketones is 1. The maximum atomic E-state index is 12.6. The van der Waals surface area contributed by atoms with Gasteiger partial charge < -0.3 is 5.32 Å². The molecule has 1 aliphatic heterocycles. The summed E-state index contributed by atoms with van der Waals surface area (Å²) in [5.41, 5.74) is 1.23. The summed E-state index contributed by atoms with van der Waals surface area (Å²) in [4.78, 5) is 32.7. The van der Waals surface area contributed by atoms with Crippen LogP contribution in [0.15, 0.2) is 0 Å². The van der Waals surface area contributed by atoms with E-state index in [4.69, 9.17) is 0 Å². The van der Waals surface area contributed by atoms with Crippen LogP contribution in [0.1, 0.15) is 81.8 Å². The zero-order valence-corrected chi connectivity index (χ0v) is 19.2. The average molecular weight is 408 g/mol. The van der Waals surface area contributed by atoms with Crippen molar-refractivity contribution in [3.8, 4) is 0 Å². The number of nitrogens with zero attached hydrogens (tertiary/aromatic N) is 2. The van der Waals surface area contributed by atoms with Gasteiger partial charge in [-0.3, -0.25) is 14.5 Å². The lowest BCUT2D eigenvalue weighted by molar-refractivity contribution is -0.126. The minimum atomic E-state index is 0.0544. The third kappa shape index (κ3) is 7.28. The Morgan fingerprint density at radius 1 is 1.25 bits per heavy atom. The normalized spacial score (nSPS) is 16.5. The first-order chi connectivity index (χ1) is 13.0. The number of aromatic nitrogens is 1. The fourth-order valence-corrected chi connectivity index (χ4v) is 4.38. The predicted octanol–water partition coefficient (Wildman–Crippen LogP) is 4.30. The summed E-state index contributed by atoms with van der Waals surface area (Å²) < 4.78 is 0. The van der Waals surface area contributed by atoms with Crippen molar-refractivity contribution in [1.82, 2.24) is 15.2 Å². The predicted molar refractivity (Wildman–Crippen MR) is 116 cm³/mol. The number of hydrogen-bond acceptors (Lipinski definition) is 5. The Bertz CT molecular complexity index is 668. The van der Waals surface area contributed by atoms with Crippen LogP contribution in [-0.4, -0.2) is 41.2 Å². The third-order valence-electron chi connectivity index (χ3n) is 5.34. The molecular formula is C22H37N3O2S. The van der Waals surface area contributed by atoms with Gasteiger partial charge in [-0.15, -0.1) is 11.3 Å². The topological polar surface area (TPSA) is 62.3 Å². The van der Waals surface area contributed by atoms with Crippen molar-refractivity contribution in [1.29, 1.82) is 0 Å². The molecule has 0 atom stereocenters. The summed E-state index contributed by atoms with van der Waals surface area (Å²) in [6.07, 6.45) is 3.24. The number of piperidine rings is 1. The highest BCUT2D eigenvalue weighted by molar-refractivity contribution is 7.11. The second-order valence-corrected chi connectivity index (χ2v) is 10.7. The van der Waals surface area contributed by atoms with Gasteiger partial charge in [-0.1, -0.05) is 34.6 Å². The molecule has 1 aliphatic rings. The Morgan fingerprint density at radius 2 is 1.89 bits per heavy atom. The minimum absolute atomic E-state index is 0.0544. The molecule has 6 heteroatoms. The van der Waals surface area contributed by atoms with Crippen molar-refractivity contribution in [3.63, 3.8) is 0 Å². The number of hydrogen-bond donors (Lipinski definition) is 1. The highest BCUT2D eigenvalue weighted by Gasteiger charge is 2.26. The first kappa shape index (κ1) is 23.0. The summed E-state index contributed by atoms with van der Waals surface area (Å²) in [5, 5.41) is 4.23. The number of carbonyl (C=O) groups excluding carboxylic acids is 2. The van der Waals surface area contributed by atoms with Crippen LogP contribution in [-0.2, 0) is 16.1 Å². The largest absolute Gasteiger partial charge is 0.351 e. The van der Waals surface area contributed by atoms with E-state index in [-0.39, 0.29) is 17.2 Å². The van der Waals surface area contributed by atoms with Gasteiger partial charge in [-0.25, -0.2) is 4.98 Å². The summed E-state index contributed by atoms with van der Waals surface area (Å²) >= 11 is 1.70. The van der Waals surface area contributed by atoms with Crippen LogP contribution in [0.2, 0.25) is 0 Å². The molecule has 0 saturated carbocycles. The summed E-state index contributed by atoms with van der Waals surface area (Å²) in [7, 11) is 0. The van der Waals surface area contributed by atoms with Crippen molar-refractivity contribution >= 4 is 23.0 Å². The van der Waals surface area contributed by atoms with Gasteiger partial charge in [0.2, 0.25) is 5.91 Å². The number of aryl methyl sites for hydroxylation is 1. The van der Waals surface area contributed by atoms with Crippen LogP contribution in [0, 0.1) is 18.3 Å². The fourth-order valence-electron chi connectivity index (χ4n) is 3.37. The molecule has 1 saturated heterocycles. The molecule has 0 unspecified atom stereocenters. The van der Waals surface area contributed by atoms with Crippen molar-refractivity contribution in [2.45, 2.75) is 79.7 Å². The summed E-state index contributed by atoms with van der Waals surface area (Å²) in [6, 6.07) is 0. The second kappa shape index (κ2) is 9.97. The van der Waals surface area contributed by atoms with E-state index in [0.717, 1.165) is 47.9 Å². The van der Waals surface area contributed by atoms with Crippen LogP contribution >= 0.6 is 11.3 Å². The van der Waals surface area contributed by atoms with Crippen molar-refractivity contribution in [2.75, 3.05) is 19.6 Å². The molecule has 158 valence electrons. The maximum absolute atomic E-state index is 12.6. The number of nitrogens with one attached hydrogen (secondary N) is 1. The average Bonchev–Trinajstić information content (AvgIpc) is 2.99. The number of likely N-dealkylation sites (tertiary alicyclic amines) is 1. The SMILES string of the molecule is Cc1nc(C(C)C)sc1CNC(=O)C1CCN(CC(=O)CCC(C)(C)C)CC1. The van der Waals surface area contributed by atoms with Gasteiger partial charge in [0.25, 0.3) is 0 Å². The Balaban J connectivity index is 1.72. The monoisotopic (exact) mass is 407 g/mol. The molecule has 1 fully saturated rings. The zero-order valence-electron chi connectivity index (χ0n) is 18.4. The number of amides is 1. The Hall–Kier alpha value is -1.27. The molecule has 5 nitrogen and oxygen atoms in total. The first-order valence-corrected chi connectivity index (χ1v) is 11.3. The van der Waals surface area contributed by atoms with Crippen molar-refractivity contribution in [3.05, 3.63) is 15.6 Å². The quantitative estimate of drug-likeness (QED) is 0.698. The number of carbonyl (C=O) groups is 2. The second-order valence-electron chi connectivity index (χ2n) is 9.58. The lowest BCUT2D eigenvalue weighted by Gasteiger charge is -2.31. The van der Waals surface area contributed by atoms with E-state index in [2.05, 4.69) is 49.8 Å². The molecule has 0 aromatic carbocycles. The van der Waals surface area contributed by atoms with Gasteiger partial charge in [0.1, 0.15) is 5.78 Å². The molecule has 0 aliphatic carbocycles. The Kier molecular flexibility index (Phi) is 8.19. The first-order valence-electron chi connectivity index (χ1n) is 10.5. The van der Waals surface area contributed by atoms with Gasteiger partial charge in [-0.2, -0.15) is 0 Å². The third-order valence-corrected chi connectivity index (χ3v) is 6.80. The lowest BCUT2D eigenvalue weighted by atomic mass is 9.89. The summed E-state index contributed by atoms with van der Waals surface area (Å²) in [6.45, 7) is 15.6. The van der Waals surface area contributed by atoms with E-state index < -0.39 is 0 Å². The van der Waals surface area contributed by atoms with Gasteiger partial charge >= 0.3 is 0 Å². The molecule has 1 N–H and O–H groups in total. The highest BCUT2D eigenvalue weighted by atomic mass is 32.1. The molecule has 2 heterocycles. The van der Waals surface area contributed by atoms with Crippen LogP contribution in [0.5, 0.6) is 0 Å². The summed E-state index contributed by atoms with van der Waals surface area (Å²) in [5.74, 6) is 0.930. The Labute approximate surface area is 174 Å². The smallest absolute Gasteiger partial charge is 0.223 e. The minimum Gasteiger partial charge on any atom is -0.351 e. The standard InChI is InChI=1S/C22H37N3O2S/c1-15(2)21-24-16(3)19(28-21)13-23-20(27)17-8-11-25(12-9-17)14-18(26)7-10-22(4,5)6/h15,17H,7-14H2,1-6H3,(H,23,27). The number of thiazole rings is 1. The maximum Gasteiger partial charge on any atom is 0.223 e. The van der Waals surface area contributed by atoms with E-state index in [9.17, 15) is 9.59 Å². The molecule has 0 bridgehead atoms. The number of Topliss-reactive ketones (excluding diaryl/α,β-unsaturated/α-hetero) is 1. The molecule has 1 aromatic heterocycles.